The van der Waals surface area contributed by atoms with E-state index < -0.39 is 14.3 Å². The van der Waals surface area contributed by atoms with Gasteiger partial charge in [0.05, 0.1) is 6.10 Å². The zero-order chi connectivity index (χ0) is 9.90. The summed E-state index contributed by atoms with van der Waals surface area (Å²) in [5, 5.41) is -0.512. The Bertz CT molecular complexity index is 250. The van der Waals surface area contributed by atoms with Gasteiger partial charge in [0.15, 0.2) is 0 Å². The summed E-state index contributed by atoms with van der Waals surface area (Å²) < 4.78 is 27.5. The van der Waals surface area contributed by atoms with Crippen molar-refractivity contribution in [2.75, 3.05) is 7.11 Å². The average molecular weight is 227 g/mol. The van der Waals surface area contributed by atoms with Crippen molar-refractivity contribution in [1.29, 1.82) is 0 Å². The molecule has 0 heterocycles. The van der Waals surface area contributed by atoms with E-state index in [1.165, 1.54) is 0 Å². The smallest absolute Gasteiger partial charge is 0.238 e. The van der Waals surface area contributed by atoms with Gasteiger partial charge < -0.3 is 4.74 Å². The molecule has 0 aromatic heterocycles. The second-order valence-corrected chi connectivity index (χ2v) is 6.27. The van der Waals surface area contributed by atoms with E-state index in [9.17, 15) is 8.42 Å². The quantitative estimate of drug-likeness (QED) is 0.534. The van der Waals surface area contributed by atoms with E-state index in [2.05, 4.69) is 0 Å². The summed E-state index contributed by atoms with van der Waals surface area (Å²) in [5.74, 6) is 0. The first-order chi connectivity index (χ1) is 6.05. The topological polar surface area (TPSA) is 43.4 Å². The van der Waals surface area contributed by atoms with E-state index in [1.54, 1.807) is 7.11 Å². The van der Waals surface area contributed by atoms with Gasteiger partial charge in [0, 0.05) is 17.8 Å². The van der Waals surface area contributed by atoms with Crippen LogP contribution in [0.5, 0.6) is 0 Å². The molecule has 1 saturated carbocycles. The van der Waals surface area contributed by atoms with Crippen LogP contribution >= 0.6 is 10.7 Å². The van der Waals surface area contributed by atoms with Crippen molar-refractivity contribution in [2.45, 2.75) is 43.5 Å². The number of methoxy groups -OCH3 is 1. The van der Waals surface area contributed by atoms with E-state index in [0.717, 1.165) is 25.7 Å². The molecule has 3 nitrogen and oxygen atoms in total. The van der Waals surface area contributed by atoms with Crippen LogP contribution in [0.15, 0.2) is 0 Å². The molecule has 0 spiro atoms. The molecule has 2 atom stereocenters. The lowest BCUT2D eigenvalue weighted by atomic mass is 10.1. The number of rotatable bonds is 2. The van der Waals surface area contributed by atoms with Gasteiger partial charge >= 0.3 is 0 Å². The summed E-state index contributed by atoms with van der Waals surface area (Å²) in [4.78, 5) is 0. The minimum absolute atomic E-state index is 0.218. The summed E-state index contributed by atoms with van der Waals surface area (Å²) in [7, 11) is 3.43. The largest absolute Gasteiger partial charge is 0.380 e. The van der Waals surface area contributed by atoms with Crippen molar-refractivity contribution in [1.82, 2.24) is 0 Å². The van der Waals surface area contributed by atoms with Gasteiger partial charge in [0.25, 0.3) is 0 Å². The maximum Gasteiger partial charge on any atom is 0.238 e. The zero-order valence-electron chi connectivity index (χ0n) is 7.70. The third-order valence-electron chi connectivity index (χ3n) is 2.56. The van der Waals surface area contributed by atoms with Crippen molar-refractivity contribution in [3.8, 4) is 0 Å². The molecule has 1 rings (SSSR count). The van der Waals surface area contributed by atoms with Crippen molar-refractivity contribution < 1.29 is 13.2 Å². The van der Waals surface area contributed by atoms with Crippen LogP contribution in [-0.2, 0) is 13.8 Å². The van der Waals surface area contributed by atoms with Crippen molar-refractivity contribution in [2.24, 2.45) is 0 Å². The van der Waals surface area contributed by atoms with Crippen LogP contribution < -0.4 is 0 Å². The Morgan fingerprint density at radius 2 is 1.85 bits per heavy atom. The minimum atomic E-state index is -3.46. The number of hydrogen-bond donors (Lipinski definition) is 0. The minimum Gasteiger partial charge on any atom is -0.380 e. The molecule has 0 aliphatic heterocycles. The lowest BCUT2D eigenvalue weighted by molar-refractivity contribution is 0.0929. The predicted octanol–water partition coefficient (Wildman–Crippen LogP) is 1.90. The molecule has 5 heteroatoms. The highest BCUT2D eigenvalue weighted by Crippen LogP contribution is 2.27. The van der Waals surface area contributed by atoms with Gasteiger partial charge in [-0.3, -0.25) is 0 Å². The summed E-state index contributed by atoms with van der Waals surface area (Å²) in [6.45, 7) is 0. The normalized spacial score (nSPS) is 31.2. The highest BCUT2D eigenvalue weighted by atomic mass is 35.7. The van der Waals surface area contributed by atoms with Gasteiger partial charge in [-0.25, -0.2) is 8.42 Å². The van der Waals surface area contributed by atoms with Crippen LogP contribution in [0.1, 0.15) is 32.1 Å². The standard InChI is InChI=1S/C8H15ClO3S/c1-12-7-5-3-2-4-6-8(7)13(9,10)11/h7-8H,2-6H2,1H3/t7-,8+/m0/s1. The fourth-order valence-electron chi connectivity index (χ4n) is 1.83. The van der Waals surface area contributed by atoms with Gasteiger partial charge in [0.1, 0.15) is 5.25 Å². The van der Waals surface area contributed by atoms with Crippen LogP contribution in [0.3, 0.4) is 0 Å². The van der Waals surface area contributed by atoms with E-state index in [-0.39, 0.29) is 6.10 Å². The van der Waals surface area contributed by atoms with E-state index in [0.29, 0.717) is 6.42 Å². The average Bonchev–Trinajstić information content (AvgIpc) is 2.26. The lowest BCUT2D eigenvalue weighted by Gasteiger charge is -2.20. The number of hydrogen-bond acceptors (Lipinski definition) is 3. The maximum atomic E-state index is 11.2. The third kappa shape index (κ3) is 3.11. The number of halogens is 1. The molecule has 1 aliphatic carbocycles. The molecule has 78 valence electrons. The van der Waals surface area contributed by atoms with E-state index >= 15 is 0 Å². The molecule has 0 bridgehead atoms. The Labute approximate surface area is 83.8 Å². The second-order valence-electron chi connectivity index (χ2n) is 3.43. The fourth-order valence-corrected chi connectivity index (χ4v) is 3.50. The summed E-state index contributed by atoms with van der Waals surface area (Å²) in [6, 6.07) is 0. The molecular formula is C8H15ClO3S. The molecule has 1 aliphatic rings. The molecule has 0 saturated heterocycles. The fraction of sp³-hybridized carbons (Fsp3) is 1.00. The van der Waals surface area contributed by atoms with Crippen molar-refractivity contribution >= 4 is 19.7 Å². The van der Waals surface area contributed by atoms with Gasteiger partial charge in [-0.1, -0.05) is 19.3 Å². The Morgan fingerprint density at radius 1 is 1.23 bits per heavy atom. The van der Waals surface area contributed by atoms with E-state index in [1.807, 2.05) is 0 Å². The SMILES string of the molecule is CO[C@H]1CCCCC[C@H]1S(=O)(=O)Cl. The predicted molar refractivity (Wildman–Crippen MR) is 52.4 cm³/mol. The van der Waals surface area contributed by atoms with Crippen LogP contribution in [0.4, 0.5) is 0 Å². The Hall–Kier alpha value is 0.200. The summed E-state index contributed by atoms with van der Waals surface area (Å²) in [6.07, 6.45) is 4.24. The summed E-state index contributed by atoms with van der Waals surface area (Å²) in [5.41, 5.74) is 0. The van der Waals surface area contributed by atoms with Gasteiger partial charge in [-0.2, -0.15) is 0 Å². The first-order valence-electron chi connectivity index (χ1n) is 4.52. The van der Waals surface area contributed by atoms with Gasteiger partial charge in [-0.15, -0.1) is 0 Å². The highest BCUT2D eigenvalue weighted by Gasteiger charge is 2.32. The molecule has 0 unspecified atom stereocenters. The van der Waals surface area contributed by atoms with Crippen molar-refractivity contribution in [3.05, 3.63) is 0 Å². The van der Waals surface area contributed by atoms with Crippen molar-refractivity contribution in [3.63, 3.8) is 0 Å². The number of ether oxygens (including phenoxy) is 1. The molecule has 0 amide bonds. The first-order valence-corrected chi connectivity index (χ1v) is 6.89. The molecule has 0 aromatic rings. The Morgan fingerprint density at radius 3 is 2.38 bits per heavy atom. The maximum absolute atomic E-state index is 11.2. The summed E-state index contributed by atoms with van der Waals surface area (Å²) >= 11 is 0. The molecule has 0 radical (unpaired) electrons. The van der Waals surface area contributed by atoms with Gasteiger partial charge in [-0.05, 0) is 12.8 Å². The monoisotopic (exact) mass is 226 g/mol. The van der Waals surface area contributed by atoms with Crippen LogP contribution in [-0.4, -0.2) is 26.9 Å². The molecule has 0 N–H and O–H groups in total. The highest BCUT2D eigenvalue weighted by molar-refractivity contribution is 8.14. The lowest BCUT2D eigenvalue weighted by Crippen LogP contribution is -2.31. The molecule has 13 heavy (non-hydrogen) atoms. The zero-order valence-corrected chi connectivity index (χ0v) is 9.27. The van der Waals surface area contributed by atoms with Crippen LogP contribution in [0.25, 0.3) is 0 Å². The third-order valence-corrected chi connectivity index (χ3v) is 4.51. The second kappa shape index (κ2) is 4.62. The van der Waals surface area contributed by atoms with Gasteiger partial charge in [0.2, 0.25) is 9.05 Å². The first kappa shape index (κ1) is 11.3. The molecule has 1 fully saturated rings. The van der Waals surface area contributed by atoms with Crippen LogP contribution in [0, 0.1) is 0 Å². The Balaban J connectivity index is 2.77. The molecule has 0 aromatic carbocycles. The van der Waals surface area contributed by atoms with E-state index in [4.69, 9.17) is 15.4 Å². The molecular weight excluding hydrogens is 212 g/mol. The van der Waals surface area contributed by atoms with Crippen LogP contribution in [0.2, 0.25) is 0 Å². The Kier molecular flexibility index (Phi) is 4.01.